The van der Waals surface area contributed by atoms with E-state index in [0.717, 1.165) is 17.8 Å². The number of fused-ring (bicyclic) bond motifs is 6. The first-order valence-corrected chi connectivity index (χ1v) is 21.9. The fraction of sp³-hybridized carbons (Fsp3) is 0.286. The molecule has 0 amide bonds. The summed E-state index contributed by atoms with van der Waals surface area (Å²) in [4.78, 5) is 2.53. The Morgan fingerprint density at radius 2 is 1.23 bits per heavy atom. The van der Waals surface area contributed by atoms with Crippen molar-refractivity contribution >= 4 is 27.8 Å². The highest BCUT2D eigenvalue weighted by atomic mass is 15.1. The van der Waals surface area contributed by atoms with E-state index in [-0.39, 0.29) is 5.41 Å². The molecular formula is C56H53N. The van der Waals surface area contributed by atoms with Crippen LogP contribution in [0.4, 0.5) is 17.1 Å². The fourth-order valence-electron chi connectivity index (χ4n) is 11.8. The van der Waals surface area contributed by atoms with Gasteiger partial charge in [0, 0.05) is 22.5 Å². The molecule has 57 heavy (non-hydrogen) atoms. The van der Waals surface area contributed by atoms with E-state index in [0.29, 0.717) is 5.92 Å². The Hall–Kier alpha value is -5.40. The van der Waals surface area contributed by atoms with Gasteiger partial charge in [0.15, 0.2) is 0 Å². The predicted octanol–water partition coefficient (Wildman–Crippen LogP) is 15.9. The van der Waals surface area contributed by atoms with E-state index in [2.05, 4.69) is 170 Å². The molecule has 0 saturated heterocycles. The second-order valence-corrected chi connectivity index (χ2v) is 18.3. The molecule has 0 radical (unpaired) electrons. The molecule has 0 aliphatic heterocycles. The van der Waals surface area contributed by atoms with Gasteiger partial charge < -0.3 is 4.90 Å². The molecule has 3 unspecified atom stereocenters. The average Bonchev–Trinajstić information content (AvgIpc) is 3.97. The second kappa shape index (κ2) is 13.9. The third-order valence-corrected chi connectivity index (χ3v) is 14.7. The van der Waals surface area contributed by atoms with Crippen molar-refractivity contribution in [2.45, 2.75) is 88.9 Å². The van der Waals surface area contributed by atoms with Crippen LogP contribution < -0.4 is 4.90 Å². The van der Waals surface area contributed by atoms with Gasteiger partial charge in [0.2, 0.25) is 0 Å². The van der Waals surface area contributed by atoms with Crippen LogP contribution in [0, 0.1) is 11.8 Å². The van der Waals surface area contributed by atoms with Crippen molar-refractivity contribution in [1.82, 2.24) is 0 Å². The zero-order valence-corrected chi connectivity index (χ0v) is 33.6. The minimum absolute atomic E-state index is 0.147. The highest BCUT2D eigenvalue weighted by molar-refractivity contribution is 5.96. The minimum Gasteiger partial charge on any atom is -0.310 e. The third-order valence-electron chi connectivity index (χ3n) is 14.7. The van der Waals surface area contributed by atoms with Crippen molar-refractivity contribution in [1.29, 1.82) is 0 Å². The summed E-state index contributed by atoms with van der Waals surface area (Å²) in [5.74, 6) is 3.18. The molecule has 0 N–H and O–H groups in total. The molecule has 1 nitrogen and oxygen atoms in total. The Bertz CT molecular complexity index is 2620. The Morgan fingerprint density at radius 1 is 0.491 bits per heavy atom. The van der Waals surface area contributed by atoms with Crippen LogP contribution in [0.25, 0.3) is 44.2 Å². The maximum Gasteiger partial charge on any atom is 0.0467 e. The molecule has 7 aromatic rings. The summed E-state index contributed by atoms with van der Waals surface area (Å²) >= 11 is 0. The second-order valence-electron chi connectivity index (χ2n) is 18.3. The third kappa shape index (κ3) is 5.96. The fourth-order valence-corrected chi connectivity index (χ4v) is 11.8. The van der Waals surface area contributed by atoms with Crippen LogP contribution >= 0.6 is 0 Å². The summed E-state index contributed by atoms with van der Waals surface area (Å²) in [6, 6.07) is 58.3. The average molecular weight is 740 g/mol. The maximum atomic E-state index is 2.53. The van der Waals surface area contributed by atoms with Crippen LogP contribution in [0.3, 0.4) is 0 Å². The van der Waals surface area contributed by atoms with Gasteiger partial charge in [-0.2, -0.15) is 0 Å². The van der Waals surface area contributed by atoms with Gasteiger partial charge in [0.05, 0.1) is 0 Å². The highest BCUT2D eigenvalue weighted by Gasteiger charge is 2.40. The lowest BCUT2D eigenvalue weighted by atomic mass is 9.81. The number of anilines is 3. The molecular weight excluding hydrogens is 687 g/mol. The van der Waals surface area contributed by atoms with Crippen molar-refractivity contribution in [2.24, 2.45) is 11.8 Å². The Morgan fingerprint density at radius 3 is 2.05 bits per heavy atom. The number of benzene rings is 7. The van der Waals surface area contributed by atoms with Gasteiger partial charge in [-0.15, -0.1) is 0 Å². The highest BCUT2D eigenvalue weighted by Crippen LogP contribution is 2.55. The van der Waals surface area contributed by atoms with Gasteiger partial charge >= 0.3 is 0 Å². The van der Waals surface area contributed by atoms with E-state index in [1.54, 1.807) is 0 Å². The summed E-state index contributed by atoms with van der Waals surface area (Å²) in [5.41, 5.74) is 17.4. The Balaban J connectivity index is 1.03. The standard InChI is InChI=1S/C56H53N/c1-56(2)53-21-11-20-50(44-25-24-38-12-6-7-15-41(38)34-44)55(53)51-31-30-47(36-54(51)56)57(45-28-26-40(27-29-45)52-33-37-22-23-43(52)32-37)46-17-10-16-42(35-46)49-19-9-8-18-48(49)39-13-4-3-5-14-39/h6-12,15-21,24-31,34-37,39,43,52H,3-5,13-14,22-23,32-33H2,1-2H3. The van der Waals surface area contributed by atoms with Gasteiger partial charge in [0.25, 0.3) is 0 Å². The molecule has 3 saturated carbocycles. The summed E-state index contributed by atoms with van der Waals surface area (Å²) in [6.07, 6.45) is 12.3. The molecule has 282 valence electrons. The van der Waals surface area contributed by atoms with Crippen LogP contribution in [0.15, 0.2) is 152 Å². The van der Waals surface area contributed by atoms with E-state index >= 15 is 0 Å². The van der Waals surface area contributed by atoms with Crippen LogP contribution in [0.2, 0.25) is 0 Å². The molecule has 3 fully saturated rings. The van der Waals surface area contributed by atoms with Gasteiger partial charge in [0.1, 0.15) is 0 Å². The summed E-state index contributed by atoms with van der Waals surface area (Å²) < 4.78 is 0. The van der Waals surface area contributed by atoms with Gasteiger partial charge in [-0.1, -0.05) is 149 Å². The topological polar surface area (TPSA) is 3.24 Å². The predicted molar refractivity (Wildman–Crippen MR) is 241 cm³/mol. The van der Waals surface area contributed by atoms with Crippen molar-refractivity contribution < 1.29 is 0 Å². The van der Waals surface area contributed by atoms with Crippen LogP contribution in [-0.2, 0) is 5.41 Å². The first-order valence-electron chi connectivity index (χ1n) is 21.9. The quantitative estimate of drug-likeness (QED) is 0.157. The SMILES string of the molecule is CC1(C)c2cc(N(c3ccc(C4CC5CCC4C5)cc3)c3cccc(-c4ccccc4C4CCCCC4)c3)ccc2-c2c(-c3ccc4ccccc4c3)cccc21. The van der Waals surface area contributed by atoms with Crippen LogP contribution in [0.5, 0.6) is 0 Å². The van der Waals surface area contributed by atoms with Gasteiger partial charge in [-0.25, -0.2) is 0 Å². The van der Waals surface area contributed by atoms with Gasteiger partial charge in [-0.3, -0.25) is 0 Å². The van der Waals surface area contributed by atoms with E-state index in [1.807, 2.05) is 0 Å². The van der Waals surface area contributed by atoms with Crippen molar-refractivity contribution in [3.8, 4) is 33.4 Å². The van der Waals surface area contributed by atoms with Gasteiger partial charge in [-0.05, 0) is 165 Å². The minimum atomic E-state index is -0.147. The monoisotopic (exact) mass is 739 g/mol. The zero-order chi connectivity index (χ0) is 38.1. The lowest BCUT2D eigenvalue weighted by Gasteiger charge is -2.29. The van der Waals surface area contributed by atoms with E-state index in [9.17, 15) is 0 Å². The first kappa shape index (κ1) is 34.8. The normalized spacial score (nSPS) is 20.8. The van der Waals surface area contributed by atoms with E-state index in [4.69, 9.17) is 0 Å². The summed E-state index contributed by atoms with van der Waals surface area (Å²) in [7, 11) is 0. The number of hydrogen-bond donors (Lipinski definition) is 0. The molecule has 3 atom stereocenters. The lowest BCUT2D eigenvalue weighted by molar-refractivity contribution is 0.420. The van der Waals surface area contributed by atoms with Crippen molar-refractivity contribution in [3.63, 3.8) is 0 Å². The molecule has 2 bridgehead atoms. The lowest BCUT2D eigenvalue weighted by Crippen LogP contribution is -2.16. The molecule has 4 aliphatic carbocycles. The maximum absolute atomic E-state index is 2.53. The first-order chi connectivity index (χ1) is 28.0. The molecule has 4 aliphatic rings. The van der Waals surface area contributed by atoms with Crippen molar-refractivity contribution in [3.05, 3.63) is 174 Å². The summed E-state index contributed by atoms with van der Waals surface area (Å²) in [5, 5.41) is 2.57. The largest absolute Gasteiger partial charge is 0.310 e. The summed E-state index contributed by atoms with van der Waals surface area (Å²) in [6.45, 7) is 4.84. The molecule has 11 rings (SSSR count). The van der Waals surface area contributed by atoms with Crippen LogP contribution in [0.1, 0.15) is 106 Å². The number of nitrogens with zero attached hydrogens (tertiary/aromatic N) is 1. The molecule has 7 aromatic carbocycles. The van der Waals surface area contributed by atoms with E-state index < -0.39 is 0 Å². The Labute approximate surface area is 339 Å². The van der Waals surface area contributed by atoms with Crippen molar-refractivity contribution in [2.75, 3.05) is 4.90 Å². The number of hydrogen-bond acceptors (Lipinski definition) is 1. The number of rotatable bonds is 7. The van der Waals surface area contributed by atoms with Crippen LogP contribution in [-0.4, -0.2) is 0 Å². The molecule has 0 spiro atoms. The van der Waals surface area contributed by atoms with E-state index in [1.165, 1.54) is 141 Å². The zero-order valence-electron chi connectivity index (χ0n) is 33.6. The molecule has 1 heteroatoms. The Kier molecular flexibility index (Phi) is 8.50. The molecule has 0 aromatic heterocycles. The smallest absolute Gasteiger partial charge is 0.0467 e. The molecule has 0 heterocycles.